The van der Waals surface area contributed by atoms with Gasteiger partial charge in [-0.3, -0.25) is 11.3 Å². The number of rotatable bonds is 7. The van der Waals surface area contributed by atoms with Gasteiger partial charge in [0, 0.05) is 12.1 Å². The van der Waals surface area contributed by atoms with Crippen molar-refractivity contribution in [2.45, 2.75) is 45.3 Å². The molecule has 2 atom stereocenters. The molecule has 1 aromatic rings. The SMILES string of the molecule is CCCC(OC)C(Cc1ccc(C)cc1Cl)NN. The molecule has 3 N–H and O–H groups in total. The average molecular weight is 271 g/mol. The number of methoxy groups -OCH3 is 1. The summed E-state index contributed by atoms with van der Waals surface area (Å²) in [6.07, 6.45) is 2.93. The van der Waals surface area contributed by atoms with E-state index in [1.807, 2.05) is 13.0 Å². The molecule has 102 valence electrons. The Labute approximate surface area is 115 Å². The highest BCUT2D eigenvalue weighted by molar-refractivity contribution is 6.31. The summed E-state index contributed by atoms with van der Waals surface area (Å²) in [7, 11) is 1.72. The Balaban J connectivity index is 2.78. The Kier molecular flexibility index (Phi) is 6.65. The number of benzene rings is 1. The molecule has 4 heteroatoms. The van der Waals surface area contributed by atoms with Crippen LogP contribution in [0.5, 0.6) is 0 Å². The topological polar surface area (TPSA) is 47.3 Å². The number of hydrazine groups is 1. The Bertz CT molecular complexity index is 371. The molecule has 1 rings (SSSR count). The minimum absolute atomic E-state index is 0.0788. The first kappa shape index (κ1) is 15.4. The van der Waals surface area contributed by atoms with Gasteiger partial charge < -0.3 is 4.74 Å². The van der Waals surface area contributed by atoms with Crippen molar-refractivity contribution in [1.29, 1.82) is 0 Å². The molecule has 0 saturated heterocycles. The van der Waals surface area contributed by atoms with E-state index in [2.05, 4.69) is 24.5 Å². The Morgan fingerprint density at radius 1 is 1.44 bits per heavy atom. The summed E-state index contributed by atoms with van der Waals surface area (Å²) >= 11 is 6.25. The number of ether oxygens (including phenoxy) is 1. The second-order valence-corrected chi connectivity index (χ2v) is 5.04. The van der Waals surface area contributed by atoms with Crippen LogP contribution in [0.4, 0.5) is 0 Å². The second kappa shape index (κ2) is 7.74. The molecule has 2 unspecified atom stereocenters. The average Bonchev–Trinajstić information content (AvgIpc) is 2.36. The van der Waals surface area contributed by atoms with Crippen LogP contribution in [0, 0.1) is 6.92 Å². The highest BCUT2D eigenvalue weighted by Gasteiger charge is 2.20. The zero-order valence-corrected chi connectivity index (χ0v) is 12.1. The van der Waals surface area contributed by atoms with Crippen LogP contribution in [0.25, 0.3) is 0 Å². The minimum atomic E-state index is 0.0788. The third-order valence-corrected chi connectivity index (χ3v) is 3.54. The number of nitrogens with one attached hydrogen (secondary N) is 1. The van der Waals surface area contributed by atoms with Gasteiger partial charge >= 0.3 is 0 Å². The van der Waals surface area contributed by atoms with Gasteiger partial charge in [0.15, 0.2) is 0 Å². The Morgan fingerprint density at radius 2 is 2.17 bits per heavy atom. The van der Waals surface area contributed by atoms with E-state index in [1.54, 1.807) is 7.11 Å². The molecule has 0 aliphatic heterocycles. The van der Waals surface area contributed by atoms with E-state index in [0.29, 0.717) is 0 Å². The van der Waals surface area contributed by atoms with Crippen molar-refractivity contribution in [2.75, 3.05) is 7.11 Å². The molecule has 0 aliphatic rings. The van der Waals surface area contributed by atoms with Crippen molar-refractivity contribution in [2.24, 2.45) is 5.84 Å². The summed E-state index contributed by atoms with van der Waals surface area (Å²) < 4.78 is 5.49. The smallest absolute Gasteiger partial charge is 0.0740 e. The van der Waals surface area contributed by atoms with Crippen LogP contribution in [0.1, 0.15) is 30.9 Å². The molecule has 3 nitrogen and oxygen atoms in total. The van der Waals surface area contributed by atoms with Gasteiger partial charge in [-0.05, 0) is 37.0 Å². The predicted octanol–water partition coefficient (Wildman–Crippen LogP) is 2.84. The van der Waals surface area contributed by atoms with Gasteiger partial charge in [-0.15, -0.1) is 0 Å². The van der Waals surface area contributed by atoms with Gasteiger partial charge in [-0.25, -0.2) is 0 Å². The molecule has 0 saturated carbocycles. The minimum Gasteiger partial charge on any atom is -0.380 e. The molecular formula is C14H23ClN2O. The van der Waals surface area contributed by atoms with Gasteiger partial charge in [-0.1, -0.05) is 37.1 Å². The van der Waals surface area contributed by atoms with Gasteiger partial charge in [0.05, 0.1) is 12.1 Å². The van der Waals surface area contributed by atoms with Crippen LogP contribution >= 0.6 is 11.6 Å². The Morgan fingerprint density at radius 3 is 2.67 bits per heavy atom. The summed E-state index contributed by atoms with van der Waals surface area (Å²) in [5.41, 5.74) is 5.11. The number of nitrogens with two attached hydrogens (primary N) is 1. The van der Waals surface area contributed by atoms with Gasteiger partial charge in [0.1, 0.15) is 0 Å². The summed E-state index contributed by atoms with van der Waals surface area (Å²) in [5, 5.41) is 0.793. The maximum Gasteiger partial charge on any atom is 0.0740 e. The van der Waals surface area contributed by atoms with Crippen molar-refractivity contribution in [3.63, 3.8) is 0 Å². The molecule has 0 spiro atoms. The van der Waals surface area contributed by atoms with E-state index >= 15 is 0 Å². The fourth-order valence-electron chi connectivity index (χ4n) is 2.12. The number of halogens is 1. The first-order valence-corrected chi connectivity index (χ1v) is 6.74. The van der Waals surface area contributed by atoms with Crippen molar-refractivity contribution in [1.82, 2.24) is 5.43 Å². The highest BCUT2D eigenvalue weighted by atomic mass is 35.5. The normalized spacial score (nSPS) is 14.5. The maximum absolute atomic E-state index is 6.25. The van der Waals surface area contributed by atoms with Crippen LogP contribution in [0.2, 0.25) is 5.02 Å². The molecule has 0 fully saturated rings. The monoisotopic (exact) mass is 270 g/mol. The largest absolute Gasteiger partial charge is 0.380 e. The fraction of sp³-hybridized carbons (Fsp3) is 0.571. The summed E-state index contributed by atoms with van der Waals surface area (Å²) in [6, 6.07) is 6.18. The van der Waals surface area contributed by atoms with Crippen molar-refractivity contribution in [3.8, 4) is 0 Å². The van der Waals surface area contributed by atoms with E-state index < -0.39 is 0 Å². The molecule has 1 aromatic carbocycles. The number of hydrogen-bond donors (Lipinski definition) is 2. The van der Waals surface area contributed by atoms with Crippen molar-refractivity contribution in [3.05, 3.63) is 34.3 Å². The maximum atomic E-state index is 6.25. The van der Waals surface area contributed by atoms with Crippen LogP contribution in [-0.2, 0) is 11.2 Å². The zero-order valence-electron chi connectivity index (χ0n) is 11.4. The third kappa shape index (κ3) is 4.25. The molecule has 0 bridgehead atoms. The lowest BCUT2D eigenvalue weighted by atomic mass is 9.98. The molecule has 0 radical (unpaired) electrons. The Hall–Kier alpha value is -0.610. The van der Waals surface area contributed by atoms with Crippen LogP contribution in [0.15, 0.2) is 18.2 Å². The van der Waals surface area contributed by atoms with E-state index in [0.717, 1.165) is 35.4 Å². The van der Waals surface area contributed by atoms with E-state index in [1.165, 1.54) is 0 Å². The standard InChI is InChI=1S/C14H23ClN2O/c1-4-5-14(18-3)13(17-16)9-11-7-6-10(2)8-12(11)15/h6-8,13-14,17H,4-5,9,16H2,1-3H3. The lowest BCUT2D eigenvalue weighted by molar-refractivity contribution is 0.0609. The van der Waals surface area contributed by atoms with Crippen molar-refractivity contribution < 1.29 is 4.74 Å². The van der Waals surface area contributed by atoms with Crippen molar-refractivity contribution >= 4 is 11.6 Å². The van der Waals surface area contributed by atoms with Gasteiger partial charge in [-0.2, -0.15) is 0 Å². The quantitative estimate of drug-likeness (QED) is 0.592. The summed E-state index contributed by atoms with van der Waals surface area (Å²) in [6.45, 7) is 4.17. The molecular weight excluding hydrogens is 248 g/mol. The first-order valence-electron chi connectivity index (χ1n) is 6.36. The van der Waals surface area contributed by atoms with E-state index in [4.69, 9.17) is 22.2 Å². The second-order valence-electron chi connectivity index (χ2n) is 4.63. The summed E-state index contributed by atoms with van der Waals surface area (Å²) in [5.74, 6) is 5.63. The fourth-order valence-corrected chi connectivity index (χ4v) is 2.43. The summed E-state index contributed by atoms with van der Waals surface area (Å²) in [4.78, 5) is 0. The lowest BCUT2D eigenvalue weighted by Crippen LogP contribution is -2.46. The van der Waals surface area contributed by atoms with Crippen LogP contribution < -0.4 is 11.3 Å². The molecule has 18 heavy (non-hydrogen) atoms. The number of hydrogen-bond acceptors (Lipinski definition) is 3. The highest BCUT2D eigenvalue weighted by Crippen LogP contribution is 2.21. The lowest BCUT2D eigenvalue weighted by Gasteiger charge is -2.25. The first-order chi connectivity index (χ1) is 8.62. The van der Waals surface area contributed by atoms with Crippen LogP contribution in [-0.4, -0.2) is 19.3 Å². The number of aryl methyl sites for hydroxylation is 1. The van der Waals surface area contributed by atoms with Gasteiger partial charge in [0.25, 0.3) is 0 Å². The predicted molar refractivity (Wildman–Crippen MR) is 76.7 cm³/mol. The van der Waals surface area contributed by atoms with Gasteiger partial charge in [0.2, 0.25) is 0 Å². The van der Waals surface area contributed by atoms with Crippen LogP contribution in [0.3, 0.4) is 0 Å². The molecule has 0 aromatic heterocycles. The molecule has 0 aliphatic carbocycles. The third-order valence-electron chi connectivity index (χ3n) is 3.19. The van der Waals surface area contributed by atoms with E-state index in [-0.39, 0.29) is 12.1 Å². The van der Waals surface area contributed by atoms with E-state index in [9.17, 15) is 0 Å². The zero-order chi connectivity index (χ0) is 13.5. The molecule has 0 amide bonds. The molecule has 0 heterocycles.